The van der Waals surface area contributed by atoms with E-state index in [9.17, 15) is 4.79 Å². The highest BCUT2D eigenvalue weighted by atomic mass is 16.1. The molecule has 3 aromatic rings. The maximum Gasteiger partial charge on any atom is 0.222 e. The Labute approximate surface area is 128 Å². The Morgan fingerprint density at radius 1 is 1.32 bits per heavy atom. The zero-order valence-corrected chi connectivity index (χ0v) is 12.6. The number of carbonyl (C=O) groups excluding carboxylic acids is 1. The maximum atomic E-state index is 11.9. The number of nitrogens with zero attached hydrogens (tertiary/aromatic N) is 4. The number of pyridine rings is 1. The topological polar surface area (TPSA) is 64.2 Å². The van der Waals surface area contributed by atoms with Gasteiger partial charge in [-0.25, -0.2) is 9.97 Å². The molecule has 3 aromatic heterocycles. The van der Waals surface area contributed by atoms with Gasteiger partial charge in [0.05, 0.1) is 12.2 Å². The number of imidazole rings is 2. The molecule has 0 aromatic carbocycles. The third kappa shape index (κ3) is 3.16. The molecule has 6 heteroatoms. The molecule has 1 amide bonds. The van der Waals surface area contributed by atoms with E-state index < -0.39 is 0 Å². The van der Waals surface area contributed by atoms with Gasteiger partial charge in [-0.3, -0.25) is 4.79 Å². The minimum Gasteiger partial charge on any atom is -0.350 e. The third-order valence-corrected chi connectivity index (χ3v) is 3.58. The number of carbonyl (C=O) groups is 1. The lowest BCUT2D eigenvalue weighted by atomic mass is 10.3. The highest BCUT2D eigenvalue weighted by molar-refractivity contribution is 5.75. The standard InChI is InChI=1S/C16H19N5O/c1-2-14-17-7-10-20(14)9-6-16(22)18-11-13-12-21-8-4-3-5-15(21)19-13/h3-5,7-8,10,12H,2,6,9,11H2,1H3,(H,18,22). The normalized spacial score (nSPS) is 11.0. The molecule has 114 valence electrons. The Bertz CT molecular complexity index is 741. The fourth-order valence-electron chi connectivity index (χ4n) is 2.43. The molecule has 0 unspecified atom stereocenters. The summed E-state index contributed by atoms with van der Waals surface area (Å²) >= 11 is 0. The summed E-state index contributed by atoms with van der Waals surface area (Å²) in [4.78, 5) is 20.7. The zero-order chi connectivity index (χ0) is 15.4. The van der Waals surface area contributed by atoms with Gasteiger partial charge in [0.1, 0.15) is 11.5 Å². The first-order chi connectivity index (χ1) is 10.8. The Kier molecular flexibility index (Phi) is 4.18. The Morgan fingerprint density at radius 3 is 3.05 bits per heavy atom. The van der Waals surface area contributed by atoms with Gasteiger partial charge in [-0.15, -0.1) is 0 Å². The van der Waals surface area contributed by atoms with Crippen LogP contribution in [0.15, 0.2) is 43.0 Å². The predicted octanol–water partition coefficient (Wildman–Crippen LogP) is 1.80. The van der Waals surface area contributed by atoms with Crippen LogP contribution in [0.5, 0.6) is 0 Å². The first-order valence-electron chi connectivity index (χ1n) is 7.45. The third-order valence-electron chi connectivity index (χ3n) is 3.58. The van der Waals surface area contributed by atoms with Crippen molar-refractivity contribution in [3.05, 3.63) is 54.5 Å². The van der Waals surface area contributed by atoms with E-state index in [1.165, 1.54) is 0 Å². The minimum absolute atomic E-state index is 0.0211. The van der Waals surface area contributed by atoms with Crippen LogP contribution in [0.3, 0.4) is 0 Å². The number of hydrogen-bond acceptors (Lipinski definition) is 3. The van der Waals surface area contributed by atoms with Crippen molar-refractivity contribution in [3.8, 4) is 0 Å². The number of nitrogens with one attached hydrogen (secondary N) is 1. The van der Waals surface area contributed by atoms with Crippen LogP contribution >= 0.6 is 0 Å². The van der Waals surface area contributed by atoms with Gasteiger partial charge in [0.2, 0.25) is 5.91 Å². The molecule has 0 saturated carbocycles. The highest BCUT2D eigenvalue weighted by Crippen LogP contribution is 2.04. The van der Waals surface area contributed by atoms with Gasteiger partial charge in [-0.1, -0.05) is 13.0 Å². The molecule has 6 nitrogen and oxygen atoms in total. The van der Waals surface area contributed by atoms with Gasteiger partial charge in [-0.05, 0) is 12.1 Å². The van der Waals surface area contributed by atoms with Gasteiger partial charge in [0.25, 0.3) is 0 Å². The van der Waals surface area contributed by atoms with Crippen LogP contribution in [0.1, 0.15) is 24.9 Å². The number of aromatic nitrogens is 4. The fraction of sp³-hybridized carbons (Fsp3) is 0.312. The van der Waals surface area contributed by atoms with Crippen molar-refractivity contribution in [3.63, 3.8) is 0 Å². The van der Waals surface area contributed by atoms with Crippen molar-refractivity contribution in [1.82, 2.24) is 24.3 Å². The average molecular weight is 297 g/mol. The molecule has 3 rings (SSSR count). The SMILES string of the molecule is CCc1nccn1CCC(=O)NCc1cn2ccccc2n1. The Hall–Kier alpha value is -2.63. The van der Waals surface area contributed by atoms with E-state index in [-0.39, 0.29) is 5.91 Å². The lowest BCUT2D eigenvalue weighted by molar-refractivity contribution is -0.121. The quantitative estimate of drug-likeness (QED) is 0.754. The maximum absolute atomic E-state index is 11.9. The molecule has 0 spiro atoms. The molecule has 0 aliphatic heterocycles. The molecule has 0 saturated heterocycles. The van der Waals surface area contributed by atoms with Crippen molar-refractivity contribution in [1.29, 1.82) is 0 Å². The van der Waals surface area contributed by atoms with Gasteiger partial charge < -0.3 is 14.3 Å². The highest BCUT2D eigenvalue weighted by Gasteiger charge is 2.06. The van der Waals surface area contributed by atoms with E-state index in [0.29, 0.717) is 19.5 Å². The molecule has 22 heavy (non-hydrogen) atoms. The number of aryl methyl sites for hydroxylation is 2. The number of hydrogen-bond donors (Lipinski definition) is 1. The van der Waals surface area contributed by atoms with Crippen molar-refractivity contribution >= 4 is 11.6 Å². The second-order valence-corrected chi connectivity index (χ2v) is 5.12. The zero-order valence-electron chi connectivity index (χ0n) is 12.6. The van der Waals surface area contributed by atoms with E-state index in [2.05, 4.69) is 22.2 Å². The largest absolute Gasteiger partial charge is 0.350 e. The number of amides is 1. The van der Waals surface area contributed by atoms with Gasteiger partial charge in [-0.2, -0.15) is 0 Å². The van der Waals surface area contributed by atoms with Crippen LogP contribution in [-0.4, -0.2) is 24.8 Å². The number of fused-ring (bicyclic) bond motifs is 1. The number of rotatable bonds is 6. The molecular weight excluding hydrogens is 278 g/mol. The summed E-state index contributed by atoms with van der Waals surface area (Å²) < 4.78 is 3.96. The van der Waals surface area contributed by atoms with Crippen LogP contribution in [0, 0.1) is 0 Å². The van der Waals surface area contributed by atoms with Crippen molar-refractivity contribution < 1.29 is 4.79 Å². The smallest absolute Gasteiger partial charge is 0.222 e. The fourth-order valence-corrected chi connectivity index (χ4v) is 2.43. The summed E-state index contributed by atoms with van der Waals surface area (Å²) in [6.07, 6.45) is 8.87. The van der Waals surface area contributed by atoms with E-state index in [1.807, 2.05) is 45.8 Å². The minimum atomic E-state index is 0.0211. The van der Waals surface area contributed by atoms with Gasteiger partial charge in [0.15, 0.2) is 0 Å². The summed E-state index contributed by atoms with van der Waals surface area (Å²) in [5.74, 6) is 1.03. The van der Waals surface area contributed by atoms with Crippen LogP contribution in [0.2, 0.25) is 0 Å². The predicted molar refractivity (Wildman–Crippen MR) is 83.3 cm³/mol. The van der Waals surface area contributed by atoms with Crippen LogP contribution in [-0.2, 0) is 24.3 Å². The molecule has 0 aliphatic rings. The monoisotopic (exact) mass is 297 g/mol. The second kappa shape index (κ2) is 6.43. The van der Waals surface area contributed by atoms with E-state index >= 15 is 0 Å². The lowest BCUT2D eigenvalue weighted by Gasteiger charge is -2.06. The molecule has 0 aliphatic carbocycles. The van der Waals surface area contributed by atoms with Gasteiger partial charge >= 0.3 is 0 Å². The van der Waals surface area contributed by atoms with Crippen LogP contribution in [0.25, 0.3) is 5.65 Å². The summed E-state index contributed by atoms with van der Waals surface area (Å²) in [6, 6.07) is 5.84. The van der Waals surface area contributed by atoms with Crippen molar-refractivity contribution in [2.45, 2.75) is 32.9 Å². The second-order valence-electron chi connectivity index (χ2n) is 5.12. The summed E-state index contributed by atoms with van der Waals surface area (Å²) in [6.45, 7) is 3.16. The average Bonchev–Trinajstić information content (AvgIpc) is 3.16. The molecule has 1 N–H and O–H groups in total. The Balaban J connectivity index is 1.51. The molecule has 0 atom stereocenters. The first-order valence-corrected chi connectivity index (χ1v) is 7.45. The van der Waals surface area contributed by atoms with Gasteiger partial charge in [0, 0.05) is 44.2 Å². The Morgan fingerprint density at radius 2 is 2.23 bits per heavy atom. The summed E-state index contributed by atoms with van der Waals surface area (Å²) in [7, 11) is 0. The van der Waals surface area contributed by atoms with Crippen molar-refractivity contribution in [2.75, 3.05) is 0 Å². The van der Waals surface area contributed by atoms with Crippen LogP contribution in [0.4, 0.5) is 0 Å². The molecule has 3 heterocycles. The summed E-state index contributed by atoms with van der Waals surface area (Å²) in [5.41, 5.74) is 1.74. The lowest BCUT2D eigenvalue weighted by Crippen LogP contribution is -2.24. The van der Waals surface area contributed by atoms with E-state index in [4.69, 9.17) is 0 Å². The summed E-state index contributed by atoms with van der Waals surface area (Å²) in [5, 5.41) is 2.91. The molecule has 0 bridgehead atoms. The van der Waals surface area contributed by atoms with Crippen molar-refractivity contribution in [2.24, 2.45) is 0 Å². The molecular formula is C16H19N5O. The van der Waals surface area contributed by atoms with E-state index in [0.717, 1.165) is 23.6 Å². The van der Waals surface area contributed by atoms with E-state index in [1.54, 1.807) is 6.20 Å². The molecule has 0 fully saturated rings. The first kappa shape index (κ1) is 14.3. The van der Waals surface area contributed by atoms with Crippen LogP contribution < -0.4 is 5.32 Å². The molecule has 0 radical (unpaired) electrons.